The molecule has 1 aromatic carbocycles. The molecule has 2 fully saturated rings. The molecule has 2 aliphatic carbocycles. The lowest BCUT2D eigenvalue weighted by Crippen LogP contribution is -2.19. The minimum absolute atomic E-state index is 0.0552. The van der Waals surface area contributed by atoms with Gasteiger partial charge in [0, 0.05) is 0 Å². The molecule has 0 heterocycles. The summed E-state index contributed by atoms with van der Waals surface area (Å²) in [5.74, 6) is -0.316. The fourth-order valence-electron chi connectivity index (χ4n) is 3.42. The quantitative estimate of drug-likeness (QED) is 0.575. The number of benzene rings is 1. The second kappa shape index (κ2) is 7.94. The molecule has 0 unspecified atom stereocenters. The van der Waals surface area contributed by atoms with Gasteiger partial charge in [-0.2, -0.15) is 4.39 Å². The van der Waals surface area contributed by atoms with Crippen molar-refractivity contribution < 1.29 is 13.5 Å². The van der Waals surface area contributed by atoms with Crippen molar-refractivity contribution in [2.45, 2.75) is 57.8 Å². The van der Waals surface area contributed by atoms with Gasteiger partial charge in [0.2, 0.25) is 5.82 Å². The summed E-state index contributed by atoms with van der Waals surface area (Å²) in [7, 11) is 0. The standard InChI is InChI=1S/C20H26F2O/c21-19-17(11-4-3-8-15-6-1-2-7-15)12-13-18(20(19)22)23-14-16-9-5-10-16/h3,8,12-13,15-16H,1-2,4-7,9-11,14H2/b8-3+. The maximum Gasteiger partial charge on any atom is 0.200 e. The number of allylic oxidation sites excluding steroid dienone is 2. The van der Waals surface area contributed by atoms with E-state index in [-0.39, 0.29) is 5.75 Å². The van der Waals surface area contributed by atoms with E-state index in [4.69, 9.17) is 4.74 Å². The minimum Gasteiger partial charge on any atom is -0.490 e. The fourth-order valence-corrected chi connectivity index (χ4v) is 3.42. The van der Waals surface area contributed by atoms with Gasteiger partial charge in [0.15, 0.2) is 11.6 Å². The SMILES string of the molecule is Fc1c(CC/C=C/C2CCCC2)ccc(OCC2CCC2)c1F. The highest BCUT2D eigenvalue weighted by Crippen LogP contribution is 2.29. The van der Waals surface area contributed by atoms with Crippen LogP contribution in [-0.4, -0.2) is 6.61 Å². The summed E-state index contributed by atoms with van der Waals surface area (Å²) < 4.78 is 33.6. The van der Waals surface area contributed by atoms with E-state index < -0.39 is 11.6 Å². The Hall–Kier alpha value is -1.38. The second-order valence-corrected chi connectivity index (χ2v) is 6.97. The van der Waals surface area contributed by atoms with Crippen molar-refractivity contribution in [2.24, 2.45) is 11.8 Å². The molecule has 0 spiro atoms. The minimum atomic E-state index is -0.832. The topological polar surface area (TPSA) is 9.23 Å². The summed E-state index contributed by atoms with van der Waals surface area (Å²) in [4.78, 5) is 0. The van der Waals surface area contributed by atoms with E-state index in [1.54, 1.807) is 12.1 Å². The zero-order valence-electron chi connectivity index (χ0n) is 13.7. The fraction of sp³-hybridized carbons (Fsp3) is 0.600. The average Bonchev–Trinajstić information content (AvgIpc) is 3.01. The van der Waals surface area contributed by atoms with E-state index in [2.05, 4.69) is 12.2 Å². The van der Waals surface area contributed by atoms with Crippen LogP contribution in [0.1, 0.15) is 56.9 Å². The zero-order chi connectivity index (χ0) is 16.1. The van der Waals surface area contributed by atoms with Gasteiger partial charge in [-0.25, -0.2) is 4.39 Å². The third kappa shape index (κ3) is 4.33. The number of hydrogen-bond acceptors (Lipinski definition) is 1. The molecule has 3 rings (SSSR count). The Labute approximate surface area is 137 Å². The summed E-state index contributed by atoms with van der Waals surface area (Å²) >= 11 is 0. The highest BCUT2D eigenvalue weighted by Gasteiger charge is 2.20. The van der Waals surface area contributed by atoms with Crippen LogP contribution in [0.25, 0.3) is 0 Å². The average molecular weight is 320 g/mol. The van der Waals surface area contributed by atoms with E-state index in [0.29, 0.717) is 30.4 Å². The van der Waals surface area contributed by atoms with Crippen molar-refractivity contribution in [1.29, 1.82) is 0 Å². The molecule has 0 saturated heterocycles. The maximum absolute atomic E-state index is 14.1. The third-order valence-corrected chi connectivity index (χ3v) is 5.21. The third-order valence-electron chi connectivity index (χ3n) is 5.21. The van der Waals surface area contributed by atoms with E-state index in [1.807, 2.05) is 0 Å². The molecule has 0 atom stereocenters. The van der Waals surface area contributed by atoms with Gasteiger partial charge in [0.25, 0.3) is 0 Å². The molecule has 1 aromatic rings. The smallest absolute Gasteiger partial charge is 0.200 e. The first-order valence-corrected chi connectivity index (χ1v) is 9.00. The summed E-state index contributed by atoms with van der Waals surface area (Å²) in [5.41, 5.74) is 0.439. The molecule has 3 heteroatoms. The molecule has 126 valence electrons. The predicted octanol–water partition coefficient (Wildman–Crippen LogP) is 5.82. The van der Waals surface area contributed by atoms with Crippen LogP contribution >= 0.6 is 0 Å². The second-order valence-electron chi connectivity index (χ2n) is 6.97. The van der Waals surface area contributed by atoms with Crippen molar-refractivity contribution in [2.75, 3.05) is 6.61 Å². The van der Waals surface area contributed by atoms with Crippen molar-refractivity contribution in [3.05, 3.63) is 41.5 Å². The van der Waals surface area contributed by atoms with Crippen molar-refractivity contribution in [3.63, 3.8) is 0 Å². The van der Waals surface area contributed by atoms with Crippen molar-refractivity contribution in [3.8, 4) is 5.75 Å². The van der Waals surface area contributed by atoms with Crippen LogP contribution in [0.5, 0.6) is 5.75 Å². The molecule has 0 aromatic heterocycles. The lowest BCUT2D eigenvalue weighted by atomic mass is 9.86. The molecule has 0 aliphatic heterocycles. The Morgan fingerprint density at radius 3 is 2.48 bits per heavy atom. The molecular formula is C20H26F2O. The number of aryl methyl sites for hydroxylation is 1. The Kier molecular flexibility index (Phi) is 5.69. The monoisotopic (exact) mass is 320 g/mol. The highest BCUT2D eigenvalue weighted by molar-refractivity contribution is 5.31. The van der Waals surface area contributed by atoms with Crippen LogP contribution in [-0.2, 0) is 6.42 Å². The molecule has 0 N–H and O–H groups in total. The van der Waals surface area contributed by atoms with Gasteiger partial charge >= 0.3 is 0 Å². The van der Waals surface area contributed by atoms with Crippen LogP contribution in [0.4, 0.5) is 8.78 Å². The number of hydrogen-bond donors (Lipinski definition) is 0. The lowest BCUT2D eigenvalue weighted by Gasteiger charge is -2.25. The van der Waals surface area contributed by atoms with Crippen LogP contribution < -0.4 is 4.74 Å². The Bertz CT molecular complexity index is 543. The first-order valence-electron chi connectivity index (χ1n) is 9.00. The molecule has 2 aliphatic rings. The van der Waals surface area contributed by atoms with Gasteiger partial charge in [-0.3, -0.25) is 0 Å². The summed E-state index contributed by atoms with van der Waals surface area (Å²) in [6.07, 6.45) is 14.3. The first-order chi connectivity index (χ1) is 11.2. The molecular weight excluding hydrogens is 294 g/mol. The normalized spacial score (nSPS) is 19.4. The molecule has 0 bridgehead atoms. The van der Waals surface area contributed by atoms with Gasteiger partial charge in [0.1, 0.15) is 0 Å². The van der Waals surface area contributed by atoms with Crippen LogP contribution in [0.3, 0.4) is 0 Å². The first kappa shape index (κ1) is 16.5. The van der Waals surface area contributed by atoms with Gasteiger partial charge in [-0.15, -0.1) is 0 Å². The van der Waals surface area contributed by atoms with Crippen LogP contribution in [0, 0.1) is 23.5 Å². The lowest BCUT2D eigenvalue weighted by molar-refractivity contribution is 0.174. The summed E-state index contributed by atoms with van der Waals surface area (Å²) in [6, 6.07) is 3.24. The van der Waals surface area contributed by atoms with E-state index in [1.165, 1.54) is 32.1 Å². The van der Waals surface area contributed by atoms with Crippen molar-refractivity contribution in [1.82, 2.24) is 0 Å². The maximum atomic E-state index is 14.1. The Morgan fingerprint density at radius 1 is 1.00 bits per heavy atom. The Morgan fingerprint density at radius 2 is 1.78 bits per heavy atom. The largest absolute Gasteiger partial charge is 0.490 e. The molecule has 0 radical (unpaired) electrons. The highest BCUT2D eigenvalue weighted by atomic mass is 19.2. The summed E-state index contributed by atoms with van der Waals surface area (Å²) in [6.45, 7) is 0.500. The number of halogens is 2. The molecule has 23 heavy (non-hydrogen) atoms. The van der Waals surface area contributed by atoms with Gasteiger partial charge < -0.3 is 4.74 Å². The van der Waals surface area contributed by atoms with E-state index in [0.717, 1.165) is 19.3 Å². The molecule has 0 amide bonds. The Balaban J connectivity index is 1.51. The molecule has 1 nitrogen and oxygen atoms in total. The van der Waals surface area contributed by atoms with Crippen LogP contribution in [0.2, 0.25) is 0 Å². The summed E-state index contributed by atoms with van der Waals surface area (Å²) in [5, 5.41) is 0. The van der Waals surface area contributed by atoms with Crippen LogP contribution in [0.15, 0.2) is 24.3 Å². The zero-order valence-corrected chi connectivity index (χ0v) is 13.7. The number of rotatable bonds is 7. The van der Waals surface area contributed by atoms with Gasteiger partial charge in [0.05, 0.1) is 6.61 Å². The van der Waals surface area contributed by atoms with Crippen molar-refractivity contribution >= 4 is 0 Å². The van der Waals surface area contributed by atoms with Gasteiger partial charge in [-0.1, -0.05) is 37.5 Å². The van der Waals surface area contributed by atoms with E-state index >= 15 is 0 Å². The van der Waals surface area contributed by atoms with E-state index in [9.17, 15) is 8.78 Å². The predicted molar refractivity (Wildman–Crippen MR) is 88.6 cm³/mol. The van der Waals surface area contributed by atoms with Gasteiger partial charge in [-0.05, 0) is 62.0 Å². The number of ether oxygens (including phenoxy) is 1. The molecule has 2 saturated carbocycles.